The van der Waals surface area contributed by atoms with Gasteiger partial charge in [0.1, 0.15) is 0 Å². The average molecular weight is 302 g/mol. The first kappa shape index (κ1) is 15.1. The van der Waals surface area contributed by atoms with Crippen LogP contribution in [-0.4, -0.2) is 49.6 Å². The molecule has 0 saturated carbocycles. The fraction of sp³-hybridized carbons (Fsp3) is 0.571. The van der Waals surface area contributed by atoms with Crippen molar-refractivity contribution in [2.24, 2.45) is 5.73 Å². The van der Waals surface area contributed by atoms with Crippen molar-refractivity contribution in [1.82, 2.24) is 9.80 Å². The Balaban J connectivity index is 2.24. The molecule has 1 aliphatic rings. The molecule has 106 valence electrons. The summed E-state index contributed by atoms with van der Waals surface area (Å²) in [5, 5.41) is 1.42. The van der Waals surface area contributed by atoms with Crippen LogP contribution in [0.1, 0.15) is 18.0 Å². The molecular weight excluding hydrogens is 281 g/mol. The minimum Gasteiger partial charge on any atom is -0.329 e. The van der Waals surface area contributed by atoms with Crippen molar-refractivity contribution in [3.05, 3.63) is 33.8 Å². The Morgan fingerprint density at radius 2 is 1.84 bits per heavy atom. The second kappa shape index (κ2) is 6.91. The molecule has 1 unspecified atom stereocenters. The number of benzene rings is 1. The van der Waals surface area contributed by atoms with Crippen molar-refractivity contribution in [1.29, 1.82) is 0 Å². The number of hydrogen-bond acceptors (Lipinski definition) is 3. The fourth-order valence-corrected chi connectivity index (χ4v) is 3.31. The van der Waals surface area contributed by atoms with E-state index >= 15 is 0 Å². The van der Waals surface area contributed by atoms with Crippen LogP contribution in [-0.2, 0) is 0 Å². The maximum Gasteiger partial charge on any atom is 0.0500 e. The van der Waals surface area contributed by atoms with E-state index in [9.17, 15) is 0 Å². The number of nitrogens with two attached hydrogens (primary N) is 1. The van der Waals surface area contributed by atoms with Gasteiger partial charge in [-0.3, -0.25) is 4.90 Å². The Morgan fingerprint density at radius 3 is 2.47 bits per heavy atom. The normalized spacial score (nSPS) is 20.2. The molecule has 1 heterocycles. The highest BCUT2D eigenvalue weighted by molar-refractivity contribution is 6.36. The molecule has 1 aliphatic heterocycles. The van der Waals surface area contributed by atoms with Crippen molar-refractivity contribution < 1.29 is 0 Å². The summed E-state index contributed by atoms with van der Waals surface area (Å²) in [6, 6.07) is 5.75. The van der Waals surface area contributed by atoms with Gasteiger partial charge < -0.3 is 10.6 Å². The molecule has 5 heteroatoms. The molecule has 0 amide bonds. The summed E-state index contributed by atoms with van der Waals surface area (Å²) in [5.74, 6) is 0. The lowest BCUT2D eigenvalue weighted by Gasteiger charge is -2.31. The van der Waals surface area contributed by atoms with Crippen LogP contribution in [0.3, 0.4) is 0 Å². The quantitative estimate of drug-likeness (QED) is 0.931. The van der Waals surface area contributed by atoms with Gasteiger partial charge in [-0.1, -0.05) is 29.3 Å². The van der Waals surface area contributed by atoms with E-state index in [-0.39, 0.29) is 6.04 Å². The molecule has 0 aliphatic carbocycles. The van der Waals surface area contributed by atoms with Crippen LogP contribution in [0.15, 0.2) is 18.2 Å². The number of halogens is 2. The Hall–Kier alpha value is -0.320. The smallest absolute Gasteiger partial charge is 0.0500 e. The zero-order chi connectivity index (χ0) is 13.8. The van der Waals surface area contributed by atoms with Crippen LogP contribution in [0.4, 0.5) is 0 Å². The minimum absolute atomic E-state index is 0.104. The Morgan fingerprint density at radius 1 is 1.16 bits per heavy atom. The lowest BCUT2D eigenvalue weighted by Crippen LogP contribution is -2.36. The summed E-state index contributed by atoms with van der Waals surface area (Å²) in [4.78, 5) is 4.75. The molecule has 1 saturated heterocycles. The maximum absolute atomic E-state index is 6.31. The summed E-state index contributed by atoms with van der Waals surface area (Å²) in [6.07, 6.45) is 1.15. The number of nitrogens with zero attached hydrogens (tertiary/aromatic N) is 2. The first-order chi connectivity index (χ1) is 9.13. The van der Waals surface area contributed by atoms with Crippen LogP contribution in [0, 0.1) is 0 Å². The van der Waals surface area contributed by atoms with Gasteiger partial charge in [0.05, 0.1) is 6.04 Å². The van der Waals surface area contributed by atoms with E-state index in [4.69, 9.17) is 28.9 Å². The van der Waals surface area contributed by atoms with Crippen LogP contribution >= 0.6 is 23.2 Å². The van der Waals surface area contributed by atoms with Crippen molar-refractivity contribution in [2.45, 2.75) is 12.5 Å². The average Bonchev–Trinajstić information content (AvgIpc) is 2.59. The molecule has 0 spiro atoms. The largest absolute Gasteiger partial charge is 0.329 e. The third-order valence-corrected chi connectivity index (χ3v) is 4.41. The highest BCUT2D eigenvalue weighted by Gasteiger charge is 2.24. The minimum atomic E-state index is 0.104. The van der Waals surface area contributed by atoms with E-state index in [2.05, 4.69) is 16.8 Å². The van der Waals surface area contributed by atoms with Gasteiger partial charge in [-0.25, -0.2) is 0 Å². The Kier molecular flexibility index (Phi) is 5.48. The standard InChI is InChI=1S/C14H21Cl2N3/c1-18-6-3-7-19(9-8-18)13(10-17)14-11(15)4-2-5-12(14)16/h2,4-5,13H,3,6-10,17H2,1H3. The monoisotopic (exact) mass is 301 g/mol. The summed E-state index contributed by atoms with van der Waals surface area (Å²) in [6.45, 7) is 4.75. The number of hydrogen-bond donors (Lipinski definition) is 1. The Labute approximate surface area is 125 Å². The molecule has 1 aromatic carbocycles. The highest BCUT2D eigenvalue weighted by Crippen LogP contribution is 2.33. The van der Waals surface area contributed by atoms with E-state index in [1.807, 2.05) is 18.2 Å². The van der Waals surface area contributed by atoms with Gasteiger partial charge in [-0.15, -0.1) is 0 Å². The zero-order valence-corrected chi connectivity index (χ0v) is 12.8. The van der Waals surface area contributed by atoms with Crippen molar-refractivity contribution in [3.63, 3.8) is 0 Å². The van der Waals surface area contributed by atoms with Gasteiger partial charge in [-0.2, -0.15) is 0 Å². The third kappa shape index (κ3) is 3.61. The summed E-state index contributed by atoms with van der Waals surface area (Å²) >= 11 is 12.6. The summed E-state index contributed by atoms with van der Waals surface area (Å²) < 4.78 is 0. The van der Waals surface area contributed by atoms with E-state index in [0.29, 0.717) is 16.6 Å². The molecule has 19 heavy (non-hydrogen) atoms. The molecule has 2 N–H and O–H groups in total. The van der Waals surface area contributed by atoms with Gasteiger partial charge in [0.15, 0.2) is 0 Å². The van der Waals surface area contributed by atoms with E-state index in [1.165, 1.54) is 0 Å². The second-order valence-electron chi connectivity index (χ2n) is 5.08. The van der Waals surface area contributed by atoms with Gasteiger partial charge >= 0.3 is 0 Å². The van der Waals surface area contributed by atoms with E-state index in [1.54, 1.807) is 0 Å². The first-order valence-electron chi connectivity index (χ1n) is 6.70. The molecule has 1 aromatic rings. The van der Waals surface area contributed by atoms with E-state index in [0.717, 1.165) is 38.2 Å². The molecule has 0 radical (unpaired) electrons. The predicted octanol–water partition coefficient (Wildman–Crippen LogP) is 2.63. The summed E-state index contributed by atoms with van der Waals surface area (Å²) in [5.41, 5.74) is 6.96. The molecule has 1 fully saturated rings. The third-order valence-electron chi connectivity index (χ3n) is 3.75. The molecular formula is C14H21Cl2N3. The maximum atomic E-state index is 6.31. The van der Waals surface area contributed by atoms with Gasteiger partial charge in [0, 0.05) is 41.8 Å². The lowest BCUT2D eigenvalue weighted by atomic mass is 10.0. The lowest BCUT2D eigenvalue weighted by molar-refractivity contribution is 0.208. The van der Waals surface area contributed by atoms with Gasteiger partial charge in [-0.05, 0) is 32.1 Å². The molecule has 3 nitrogen and oxygen atoms in total. The molecule has 0 aromatic heterocycles. The van der Waals surface area contributed by atoms with Crippen LogP contribution in [0.25, 0.3) is 0 Å². The fourth-order valence-electron chi connectivity index (χ4n) is 2.66. The molecule has 2 rings (SSSR count). The first-order valence-corrected chi connectivity index (χ1v) is 7.45. The second-order valence-corrected chi connectivity index (χ2v) is 5.89. The topological polar surface area (TPSA) is 32.5 Å². The zero-order valence-electron chi connectivity index (χ0n) is 11.3. The van der Waals surface area contributed by atoms with Gasteiger partial charge in [0.25, 0.3) is 0 Å². The predicted molar refractivity (Wildman–Crippen MR) is 81.9 cm³/mol. The highest BCUT2D eigenvalue weighted by atomic mass is 35.5. The van der Waals surface area contributed by atoms with Crippen LogP contribution in [0.5, 0.6) is 0 Å². The number of rotatable bonds is 3. The summed E-state index contributed by atoms with van der Waals surface area (Å²) in [7, 11) is 2.16. The van der Waals surface area contributed by atoms with Crippen molar-refractivity contribution >= 4 is 23.2 Å². The van der Waals surface area contributed by atoms with Crippen LogP contribution in [0.2, 0.25) is 10.0 Å². The van der Waals surface area contributed by atoms with Gasteiger partial charge in [0.2, 0.25) is 0 Å². The molecule has 1 atom stereocenters. The Bertz CT molecular complexity index is 405. The SMILES string of the molecule is CN1CCCN(C(CN)c2c(Cl)cccc2Cl)CC1. The van der Waals surface area contributed by atoms with Crippen LogP contribution < -0.4 is 5.73 Å². The van der Waals surface area contributed by atoms with Crippen molar-refractivity contribution in [2.75, 3.05) is 39.8 Å². The van der Waals surface area contributed by atoms with E-state index < -0.39 is 0 Å². The molecule has 0 bridgehead atoms. The van der Waals surface area contributed by atoms with Crippen molar-refractivity contribution in [3.8, 4) is 0 Å². The number of likely N-dealkylation sites (N-methyl/N-ethyl adjacent to an activating group) is 1.